The zero-order valence-corrected chi connectivity index (χ0v) is 10.1. The highest BCUT2D eigenvalue weighted by Crippen LogP contribution is 2.09. The fourth-order valence-electron chi connectivity index (χ4n) is 1.60. The van der Waals surface area contributed by atoms with E-state index in [2.05, 4.69) is 24.0 Å². The molecule has 2 rings (SSSR count). The van der Waals surface area contributed by atoms with Gasteiger partial charge in [-0.15, -0.1) is 0 Å². The van der Waals surface area contributed by atoms with E-state index in [1.165, 1.54) is 5.56 Å². The summed E-state index contributed by atoms with van der Waals surface area (Å²) in [5.74, 6) is 0.915. The van der Waals surface area contributed by atoms with Crippen LogP contribution in [-0.2, 0) is 12.8 Å². The molecular weight excluding hydrogens is 210 g/mol. The Bertz CT molecular complexity index is 436. The van der Waals surface area contributed by atoms with E-state index in [-0.39, 0.29) is 0 Å². The summed E-state index contributed by atoms with van der Waals surface area (Å²) in [5.41, 5.74) is 2.36. The first-order valence-electron chi connectivity index (χ1n) is 6.00. The van der Waals surface area contributed by atoms with Crippen LogP contribution in [0.25, 0.3) is 0 Å². The van der Waals surface area contributed by atoms with E-state index in [0.29, 0.717) is 6.61 Å². The molecule has 0 amide bonds. The number of pyridine rings is 1. The molecule has 1 aromatic carbocycles. The van der Waals surface area contributed by atoms with E-state index in [9.17, 15) is 0 Å². The fourth-order valence-corrected chi connectivity index (χ4v) is 1.60. The Morgan fingerprint density at radius 3 is 2.53 bits per heavy atom. The lowest BCUT2D eigenvalue weighted by Crippen LogP contribution is -2.02. The number of benzene rings is 1. The summed E-state index contributed by atoms with van der Waals surface area (Å²) < 4.78 is 5.63. The number of hydrogen-bond acceptors (Lipinski definition) is 2. The second-order valence-electron chi connectivity index (χ2n) is 3.92. The van der Waals surface area contributed by atoms with E-state index < -0.39 is 0 Å². The molecule has 1 heterocycles. The quantitative estimate of drug-likeness (QED) is 0.782. The summed E-state index contributed by atoms with van der Waals surface area (Å²) in [7, 11) is 0. The Kier molecular flexibility index (Phi) is 4.14. The second-order valence-corrected chi connectivity index (χ2v) is 3.92. The Balaban J connectivity index is 1.82. The maximum absolute atomic E-state index is 5.63. The van der Waals surface area contributed by atoms with Gasteiger partial charge in [-0.2, -0.15) is 0 Å². The van der Waals surface area contributed by atoms with E-state index in [1.807, 2.05) is 36.5 Å². The largest absolute Gasteiger partial charge is 0.493 e. The van der Waals surface area contributed by atoms with E-state index >= 15 is 0 Å². The van der Waals surface area contributed by atoms with Gasteiger partial charge in [0.15, 0.2) is 0 Å². The maximum atomic E-state index is 5.63. The van der Waals surface area contributed by atoms with E-state index in [4.69, 9.17) is 4.74 Å². The highest BCUT2D eigenvalue weighted by Gasteiger charge is 1.96. The van der Waals surface area contributed by atoms with Gasteiger partial charge in [0.25, 0.3) is 0 Å². The predicted octanol–water partition coefficient (Wildman–Crippen LogP) is 3.27. The van der Waals surface area contributed by atoms with Gasteiger partial charge in [0.2, 0.25) is 0 Å². The lowest BCUT2D eigenvalue weighted by atomic mass is 10.2. The number of rotatable bonds is 5. The van der Waals surface area contributed by atoms with Crippen LogP contribution in [0.3, 0.4) is 0 Å². The molecule has 0 radical (unpaired) electrons. The second kappa shape index (κ2) is 6.04. The first-order chi connectivity index (χ1) is 8.38. The average molecular weight is 227 g/mol. The van der Waals surface area contributed by atoms with Crippen molar-refractivity contribution in [3.8, 4) is 5.75 Å². The molecule has 2 aromatic rings. The van der Waals surface area contributed by atoms with E-state index in [1.54, 1.807) is 0 Å². The van der Waals surface area contributed by atoms with Gasteiger partial charge in [-0.3, -0.25) is 4.98 Å². The van der Waals surface area contributed by atoms with Crippen LogP contribution in [0.4, 0.5) is 0 Å². The Labute approximate surface area is 102 Å². The molecule has 0 aliphatic rings. The number of hydrogen-bond donors (Lipinski definition) is 0. The van der Waals surface area contributed by atoms with Crippen LogP contribution < -0.4 is 4.74 Å². The Morgan fingerprint density at radius 1 is 1.06 bits per heavy atom. The Morgan fingerprint density at radius 2 is 1.88 bits per heavy atom. The van der Waals surface area contributed by atoms with Gasteiger partial charge in [-0.25, -0.2) is 0 Å². The molecule has 1 aromatic heterocycles. The minimum Gasteiger partial charge on any atom is -0.493 e. The monoisotopic (exact) mass is 227 g/mol. The van der Waals surface area contributed by atoms with Crippen molar-refractivity contribution >= 4 is 0 Å². The van der Waals surface area contributed by atoms with Crippen molar-refractivity contribution in [2.45, 2.75) is 19.8 Å². The van der Waals surface area contributed by atoms with Crippen molar-refractivity contribution in [1.82, 2.24) is 4.98 Å². The predicted molar refractivity (Wildman–Crippen MR) is 69.3 cm³/mol. The van der Waals surface area contributed by atoms with Crippen LogP contribution in [0.15, 0.2) is 48.7 Å². The SMILES string of the molecule is CCc1ccc(CCOc2ccccc2)nc1. The number of aromatic nitrogens is 1. The van der Waals surface area contributed by atoms with Crippen molar-refractivity contribution in [3.05, 3.63) is 59.9 Å². The number of aryl methyl sites for hydroxylation is 1. The van der Waals surface area contributed by atoms with Crippen LogP contribution in [0, 0.1) is 0 Å². The normalized spacial score (nSPS) is 10.2. The molecular formula is C15H17NO. The molecule has 0 aliphatic heterocycles. The van der Waals surface area contributed by atoms with Crippen molar-refractivity contribution in [3.63, 3.8) is 0 Å². The van der Waals surface area contributed by atoms with Crippen molar-refractivity contribution in [1.29, 1.82) is 0 Å². The molecule has 2 nitrogen and oxygen atoms in total. The third-order valence-electron chi connectivity index (χ3n) is 2.66. The minimum atomic E-state index is 0.669. The molecule has 0 bridgehead atoms. The average Bonchev–Trinajstić information content (AvgIpc) is 2.41. The fraction of sp³-hybridized carbons (Fsp3) is 0.267. The highest BCUT2D eigenvalue weighted by atomic mass is 16.5. The van der Waals surface area contributed by atoms with Gasteiger partial charge < -0.3 is 4.74 Å². The summed E-state index contributed by atoms with van der Waals surface area (Å²) >= 11 is 0. The Hall–Kier alpha value is -1.83. The van der Waals surface area contributed by atoms with Gasteiger partial charge in [-0.1, -0.05) is 31.2 Å². The van der Waals surface area contributed by atoms with Crippen molar-refractivity contribution in [2.75, 3.05) is 6.61 Å². The molecule has 0 atom stereocenters. The summed E-state index contributed by atoms with van der Waals surface area (Å²) in [6, 6.07) is 14.1. The van der Waals surface area contributed by atoms with Crippen LogP contribution in [-0.4, -0.2) is 11.6 Å². The van der Waals surface area contributed by atoms with Crippen LogP contribution in [0.2, 0.25) is 0 Å². The van der Waals surface area contributed by atoms with Crippen LogP contribution >= 0.6 is 0 Å². The molecule has 0 saturated carbocycles. The first kappa shape index (κ1) is 11.6. The zero-order chi connectivity index (χ0) is 11.9. The maximum Gasteiger partial charge on any atom is 0.119 e. The molecule has 0 spiro atoms. The smallest absolute Gasteiger partial charge is 0.119 e. The third kappa shape index (κ3) is 3.59. The standard InChI is InChI=1S/C15H17NO/c1-2-13-8-9-14(16-12-13)10-11-17-15-6-4-3-5-7-15/h3-9,12H,2,10-11H2,1H3. The van der Waals surface area contributed by atoms with E-state index in [0.717, 1.165) is 24.3 Å². The van der Waals surface area contributed by atoms with Gasteiger partial charge in [0, 0.05) is 18.3 Å². The summed E-state index contributed by atoms with van der Waals surface area (Å²) in [6.45, 7) is 2.80. The number of para-hydroxylation sites is 1. The van der Waals surface area contributed by atoms with Gasteiger partial charge in [-0.05, 0) is 30.2 Å². The molecule has 2 heteroatoms. The molecule has 0 saturated heterocycles. The van der Waals surface area contributed by atoms with Gasteiger partial charge in [0.05, 0.1) is 6.61 Å². The summed E-state index contributed by atoms with van der Waals surface area (Å²) in [4.78, 5) is 4.40. The number of ether oxygens (including phenoxy) is 1. The lowest BCUT2D eigenvalue weighted by Gasteiger charge is -2.05. The molecule has 0 N–H and O–H groups in total. The molecule has 0 unspecified atom stereocenters. The van der Waals surface area contributed by atoms with Crippen molar-refractivity contribution < 1.29 is 4.74 Å². The number of nitrogens with zero attached hydrogens (tertiary/aromatic N) is 1. The third-order valence-corrected chi connectivity index (χ3v) is 2.66. The van der Waals surface area contributed by atoms with Crippen molar-refractivity contribution in [2.24, 2.45) is 0 Å². The first-order valence-corrected chi connectivity index (χ1v) is 6.00. The van der Waals surface area contributed by atoms with Gasteiger partial charge in [0.1, 0.15) is 5.75 Å². The van der Waals surface area contributed by atoms with Crippen LogP contribution in [0.1, 0.15) is 18.2 Å². The highest BCUT2D eigenvalue weighted by molar-refractivity contribution is 5.21. The lowest BCUT2D eigenvalue weighted by molar-refractivity contribution is 0.320. The summed E-state index contributed by atoms with van der Waals surface area (Å²) in [6.07, 6.45) is 3.82. The van der Waals surface area contributed by atoms with Gasteiger partial charge >= 0.3 is 0 Å². The summed E-state index contributed by atoms with van der Waals surface area (Å²) in [5, 5.41) is 0. The van der Waals surface area contributed by atoms with Crippen LogP contribution in [0.5, 0.6) is 5.75 Å². The topological polar surface area (TPSA) is 22.1 Å². The molecule has 88 valence electrons. The zero-order valence-electron chi connectivity index (χ0n) is 10.1. The molecule has 0 fully saturated rings. The minimum absolute atomic E-state index is 0.669. The molecule has 17 heavy (non-hydrogen) atoms. The molecule has 0 aliphatic carbocycles.